The van der Waals surface area contributed by atoms with Crippen molar-refractivity contribution in [1.29, 1.82) is 0 Å². The van der Waals surface area contributed by atoms with Gasteiger partial charge in [0.25, 0.3) is 0 Å². The summed E-state index contributed by atoms with van der Waals surface area (Å²) in [5, 5.41) is 0. The molecule has 0 saturated carbocycles. The van der Waals surface area contributed by atoms with Gasteiger partial charge >= 0.3 is 20.4 Å². The van der Waals surface area contributed by atoms with Gasteiger partial charge in [-0.05, 0) is 6.42 Å². The fourth-order valence-electron chi connectivity index (χ4n) is 1.50. The quantitative estimate of drug-likeness (QED) is 0.287. The SMILES string of the molecule is CCC=CC[CH2][Mg][CH2]CCCCC. The van der Waals surface area contributed by atoms with E-state index in [0.29, 0.717) is 20.4 Å². The second-order valence-electron chi connectivity index (χ2n) is 3.79. The van der Waals surface area contributed by atoms with E-state index in [-0.39, 0.29) is 0 Å². The molecule has 0 nitrogen and oxygen atoms in total. The van der Waals surface area contributed by atoms with Crippen LogP contribution in [0.4, 0.5) is 0 Å². The van der Waals surface area contributed by atoms with Crippen LogP contribution >= 0.6 is 0 Å². The van der Waals surface area contributed by atoms with Crippen LogP contribution in [-0.2, 0) is 0 Å². The Morgan fingerprint density at radius 1 is 0.923 bits per heavy atom. The predicted molar refractivity (Wildman–Crippen MR) is 63.6 cm³/mol. The van der Waals surface area contributed by atoms with Crippen LogP contribution in [0.15, 0.2) is 12.2 Å². The molecule has 0 atom stereocenters. The fraction of sp³-hybridized carbons (Fsp3) is 0.833. The first kappa shape index (κ1) is 13.5. The van der Waals surface area contributed by atoms with Crippen molar-refractivity contribution < 1.29 is 0 Å². The minimum absolute atomic E-state index is 0.304. The number of unbranched alkanes of at least 4 members (excludes halogenated alkanes) is 3. The highest BCUT2D eigenvalue weighted by Gasteiger charge is 1.93. The highest BCUT2D eigenvalue weighted by molar-refractivity contribution is 6.35. The summed E-state index contributed by atoms with van der Waals surface area (Å²) >= 11 is 0.304. The van der Waals surface area contributed by atoms with Gasteiger partial charge in [0.2, 0.25) is 0 Å². The molecule has 0 rings (SSSR count). The Morgan fingerprint density at radius 3 is 2.46 bits per heavy atom. The summed E-state index contributed by atoms with van der Waals surface area (Å²) < 4.78 is 3.11. The first-order valence-corrected chi connectivity index (χ1v) is 8.06. The fourth-order valence-corrected chi connectivity index (χ4v) is 3.09. The van der Waals surface area contributed by atoms with Crippen molar-refractivity contribution >= 4 is 20.4 Å². The highest BCUT2D eigenvalue weighted by Crippen LogP contribution is 2.04. The molecule has 0 fully saturated rings. The Kier molecular flexibility index (Phi) is 13.0. The molecule has 0 bridgehead atoms. The molecule has 0 radical (unpaired) electrons. The van der Waals surface area contributed by atoms with E-state index in [2.05, 4.69) is 26.0 Å². The first-order chi connectivity index (χ1) is 6.41. The third-order valence-corrected chi connectivity index (χ3v) is 4.28. The van der Waals surface area contributed by atoms with Gasteiger partial charge in [0.1, 0.15) is 0 Å². The normalized spacial score (nSPS) is 10.6. The average molecular weight is 193 g/mol. The van der Waals surface area contributed by atoms with Crippen molar-refractivity contribution in [2.24, 2.45) is 0 Å². The predicted octanol–water partition coefficient (Wildman–Crippen LogP) is 4.46. The van der Waals surface area contributed by atoms with Crippen LogP contribution in [0.2, 0.25) is 9.10 Å². The Morgan fingerprint density at radius 2 is 1.77 bits per heavy atom. The van der Waals surface area contributed by atoms with Gasteiger partial charge in [-0.25, -0.2) is 0 Å². The van der Waals surface area contributed by atoms with E-state index in [9.17, 15) is 0 Å². The zero-order valence-corrected chi connectivity index (χ0v) is 10.9. The van der Waals surface area contributed by atoms with Gasteiger partial charge in [-0.1, -0.05) is 58.1 Å². The van der Waals surface area contributed by atoms with Crippen molar-refractivity contribution in [1.82, 2.24) is 0 Å². The molecule has 13 heavy (non-hydrogen) atoms. The summed E-state index contributed by atoms with van der Waals surface area (Å²) in [6, 6.07) is 0. The van der Waals surface area contributed by atoms with Crippen LogP contribution in [0.25, 0.3) is 0 Å². The van der Waals surface area contributed by atoms with E-state index < -0.39 is 0 Å². The van der Waals surface area contributed by atoms with Crippen LogP contribution in [0.1, 0.15) is 52.4 Å². The number of hydrogen-bond donors (Lipinski definition) is 0. The van der Waals surface area contributed by atoms with E-state index in [4.69, 9.17) is 0 Å². The lowest BCUT2D eigenvalue weighted by Gasteiger charge is -1.96. The smallest absolute Gasteiger partial charge is 0.146 e. The summed E-state index contributed by atoms with van der Waals surface area (Å²) in [5.41, 5.74) is 0. The first-order valence-electron chi connectivity index (χ1n) is 6.06. The number of hydrogen-bond acceptors (Lipinski definition) is 0. The van der Waals surface area contributed by atoms with Crippen LogP contribution in [0.3, 0.4) is 0 Å². The molecule has 0 aromatic carbocycles. The molecule has 74 valence electrons. The molecule has 0 aliphatic rings. The molecule has 0 aromatic heterocycles. The Balaban J connectivity index is 2.87. The lowest BCUT2D eigenvalue weighted by Crippen LogP contribution is -1.88. The van der Waals surface area contributed by atoms with E-state index in [0.717, 1.165) is 0 Å². The Labute approximate surface area is 93.9 Å². The van der Waals surface area contributed by atoms with Crippen LogP contribution in [0, 0.1) is 0 Å². The minimum Gasteiger partial charge on any atom is -0.146 e. The molecular weight excluding hydrogens is 168 g/mol. The number of allylic oxidation sites excluding steroid dienone is 2. The molecular formula is C12H24Mg. The lowest BCUT2D eigenvalue weighted by atomic mass is 10.2. The molecule has 0 unspecified atom stereocenters. The minimum atomic E-state index is 0.304. The third kappa shape index (κ3) is 12.5. The molecule has 0 N–H and O–H groups in total. The maximum absolute atomic E-state index is 2.36. The van der Waals surface area contributed by atoms with Crippen LogP contribution < -0.4 is 0 Å². The van der Waals surface area contributed by atoms with Crippen LogP contribution in [-0.4, -0.2) is 20.4 Å². The van der Waals surface area contributed by atoms with Gasteiger partial charge in [-0.15, -0.1) is 9.10 Å². The lowest BCUT2D eigenvalue weighted by molar-refractivity contribution is 0.699. The topological polar surface area (TPSA) is 0 Å². The maximum Gasteiger partial charge on any atom is 0.364 e. The maximum atomic E-state index is 2.36. The van der Waals surface area contributed by atoms with Crippen molar-refractivity contribution in [2.45, 2.75) is 61.5 Å². The standard InChI is InChI=1S/C6H13.C6H11.Mg/c2*1-3-5-6-4-2;/h1,3-6H2,2H3;5-6H,1,3-4H2,2H3;. The molecule has 0 amide bonds. The second kappa shape index (κ2) is 12.5. The van der Waals surface area contributed by atoms with E-state index >= 15 is 0 Å². The monoisotopic (exact) mass is 192 g/mol. The second-order valence-corrected chi connectivity index (χ2v) is 5.91. The van der Waals surface area contributed by atoms with E-state index in [1.165, 1.54) is 43.1 Å². The summed E-state index contributed by atoms with van der Waals surface area (Å²) in [6.45, 7) is 4.49. The summed E-state index contributed by atoms with van der Waals surface area (Å²) in [4.78, 5) is 0. The largest absolute Gasteiger partial charge is 0.364 e. The zero-order chi connectivity index (χ0) is 9.78. The van der Waals surface area contributed by atoms with Gasteiger partial charge in [-0.3, -0.25) is 0 Å². The molecule has 0 aromatic rings. The molecule has 1 heteroatoms. The van der Waals surface area contributed by atoms with Crippen LogP contribution in [0.5, 0.6) is 0 Å². The van der Waals surface area contributed by atoms with Gasteiger partial charge in [0, 0.05) is 0 Å². The molecule has 0 aliphatic carbocycles. The van der Waals surface area contributed by atoms with E-state index in [1.54, 1.807) is 4.55 Å². The van der Waals surface area contributed by atoms with Gasteiger partial charge < -0.3 is 0 Å². The van der Waals surface area contributed by atoms with E-state index in [1.807, 2.05) is 0 Å². The average Bonchev–Trinajstić information content (AvgIpc) is 2.16. The number of rotatable bonds is 9. The molecule has 0 spiro atoms. The molecule has 0 aliphatic heterocycles. The third-order valence-electron chi connectivity index (χ3n) is 2.38. The highest BCUT2D eigenvalue weighted by atomic mass is 24.5. The van der Waals surface area contributed by atoms with Gasteiger partial charge in [0.05, 0.1) is 0 Å². The Bertz CT molecular complexity index is 108. The van der Waals surface area contributed by atoms with Crippen molar-refractivity contribution in [3.05, 3.63) is 12.2 Å². The molecule has 0 saturated heterocycles. The van der Waals surface area contributed by atoms with Crippen molar-refractivity contribution in [2.75, 3.05) is 0 Å². The van der Waals surface area contributed by atoms with Gasteiger partial charge in [0.15, 0.2) is 0 Å². The summed E-state index contributed by atoms with van der Waals surface area (Å²) in [7, 11) is 0. The van der Waals surface area contributed by atoms with Crippen molar-refractivity contribution in [3.63, 3.8) is 0 Å². The summed E-state index contributed by atoms with van der Waals surface area (Å²) in [5.74, 6) is 0. The van der Waals surface area contributed by atoms with Gasteiger partial charge in [-0.2, -0.15) is 0 Å². The Hall–Kier alpha value is 0.506. The molecule has 0 heterocycles. The zero-order valence-electron chi connectivity index (χ0n) is 9.52. The van der Waals surface area contributed by atoms with Crippen molar-refractivity contribution in [3.8, 4) is 0 Å². The summed E-state index contributed by atoms with van der Waals surface area (Å²) in [6.07, 6.45) is 13.0.